The summed E-state index contributed by atoms with van der Waals surface area (Å²) in [6.07, 6.45) is 0.833. The summed E-state index contributed by atoms with van der Waals surface area (Å²) in [5, 5.41) is 7.60. The van der Waals surface area contributed by atoms with E-state index in [1.54, 1.807) is 19.1 Å². The molecule has 0 bridgehead atoms. The molecule has 0 radical (unpaired) electrons. The highest BCUT2D eigenvalue weighted by atomic mass is 16.6. The highest BCUT2D eigenvalue weighted by Crippen LogP contribution is 2.12. The molecule has 1 aromatic carbocycles. The van der Waals surface area contributed by atoms with Crippen LogP contribution in [0.2, 0.25) is 0 Å². The first-order chi connectivity index (χ1) is 9.01. The summed E-state index contributed by atoms with van der Waals surface area (Å²) < 4.78 is 9.87. The lowest BCUT2D eigenvalue weighted by Gasteiger charge is -2.06. The van der Waals surface area contributed by atoms with Gasteiger partial charge in [-0.15, -0.1) is 0 Å². The van der Waals surface area contributed by atoms with Crippen molar-refractivity contribution in [1.82, 2.24) is 0 Å². The molecule has 5 nitrogen and oxygen atoms in total. The highest BCUT2D eigenvalue weighted by molar-refractivity contribution is 5.86. The number of carboxylic acid groups (broad SMARTS) is 1. The predicted octanol–water partition coefficient (Wildman–Crippen LogP) is 2.40. The van der Waals surface area contributed by atoms with Crippen LogP contribution in [0.25, 0.3) is 0 Å². The Balaban J connectivity index is 0.000000555. The number of para-hydroxylation sites is 1. The molecule has 1 aromatic rings. The van der Waals surface area contributed by atoms with E-state index in [1.807, 2.05) is 18.2 Å². The fourth-order valence-corrected chi connectivity index (χ4v) is 0.884. The standard InChI is InChI=1S/C11H12O3.C3H4O2/c1-3-13-11(12)9(2)14-10-7-5-4-6-8-10;1-2-3(4)5/h4-8H,2-3H2,1H3;2H,1H2,(H,4,5). The van der Waals surface area contributed by atoms with E-state index in [4.69, 9.17) is 14.6 Å². The molecule has 0 saturated carbocycles. The topological polar surface area (TPSA) is 72.8 Å². The summed E-state index contributed by atoms with van der Waals surface area (Å²) in [6.45, 7) is 8.48. The van der Waals surface area contributed by atoms with Crippen LogP contribution < -0.4 is 4.74 Å². The summed E-state index contributed by atoms with van der Waals surface area (Å²) in [4.78, 5) is 20.4. The summed E-state index contributed by atoms with van der Waals surface area (Å²) in [6, 6.07) is 8.97. The van der Waals surface area contributed by atoms with Crippen molar-refractivity contribution in [2.24, 2.45) is 0 Å². The smallest absolute Gasteiger partial charge is 0.373 e. The molecule has 1 rings (SSSR count). The fourth-order valence-electron chi connectivity index (χ4n) is 0.884. The number of carbonyl (C=O) groups excluding carboxylic acids is 1. The average molecular weight is 264 g/mol. The number of carboxylic acids is 1. The minimum Gasteiger partial charge on any atom is -0.478 e. The number of esters is 1. The molecule has 102 valence electrons. The normalized spacial score (nSPS) is 8.47. The number of benzene rings is 1. The van der Waals surface area contributed by atoms with Crippen molar-refractivity contribution in [3.05, 3.63) is 55.3 Å². The summed E-state index contributed by atoms with van der Waals surface area (Å²) >= 11 is 0. The van der Waals surface area contributed by atoms with Crippen LogP contribution in [-0.2, 0) is 14.3 Å². The van der Waals surface area contributed by atoms with Crippen molar-refractivity contribution in [3.63, 3.8) is 0 Å². The van der Waals surface area contributed by atoms with Gasteiger partial charge in [-0.05, 0) is 25.6 Å². The predicted molar refractivity (Wildman–Crippen MR) is 70.7 cm³/mol. The van der Waals surface area contributed by atoms with Gasteiger partial charge in [0.1, 0.15) is 5.75 Å². The van der Waals surface area contributed by atoms with Crippen LogP contribution in [0.1, 0.15) is 6.92 Å². The van der Waals surface area contributed by atoms with Crippen molar-refractivity contribution in [2.75, 3.05) is 6.61 Å². The van der Waals surface area contributed by atoms with E-state index in [0.717, 1.165) is 6.08 Å². The Kier molecular flexibility index (Phi) is 8.19. The SMILES string of the molecule is C=C(Oc1ccccc1)C(=O)OCC.C=CC(=O)O. The second kappa shape index (κ2) is 9.47. The van der Waals surface area contributed by atoms with E-state index in [0.29, 0.717) is 12.4 Å². The van der Waals surface area contributed by atoms with Gasteiger partial charge in [-0.3, -0.25) is 0 Å². The second-order valence-electron chi connectivity index (χ2n) is 3.10. The van der Waals surface area contributed by atoms with Crippen LogP contribution in [0, 0.1) is 0 Å². The number of carbonyl (C=O) groups is 2. The third-order valence-electron chi connectivity index (χ3n) is 1.66. The van der Waals surface area contributed by atoms with Gasteiger partial charge in [0.15, 0.2) is 0 Å². The van der Waals surface area contributed by atoms with Crippen LogP contribution in [0.4, 0.5) is 0 Å². The van der Waals surface area contributed by atoms with Crippen molar-refractivity contribution in [1.29, 1.82) is 0 Å². The third-order valence-corrected chi connectivity index (χ3v) is 1.66. The minimum absolute atomic E-state index is 0.00181. The first-order valence-electron chi connectivity index (χ1n) is 5.45. The van der Waals surface area contributed by atoms with Crippen LogP contribution in [-0.4, -0.2) is 23.7 Å². The largest absolute Gasteiger partial charge is 0.478 e. The molecule has 0 aliphatic carbocycles. The molecule has 0 atom stereocenters. The Hall–Kier alpha value is -2.56. The van der Waals surface area contributed by atoms with Crippen LogP contribution in [0.15, 0.2) is 55.3 Å². The number of rotatable bonds is 5. The molecule has 0 aromatic heterocycles. The first-order valence-corrected chi connectivity index (χ1v) is 5.45. The molecule has 19 heavy (non-hydrogen) atoms. The summed E-state index contributed by atoms with van der Waals surface area (Å²) in [5.41, 5.74) is 0. The lowest BCUT2D eigenvalue weighted by atomic mass is 10.3. The summed E-state index contributed by atoms with van der Waals surface area (Å²) in [5.74, 6) is -0.940. The minimum atomic E-state index is -0.981. The Labute approximate surface area is 111 Å². The Morgan fingerprint density at radius 3 is 2.26 bits per heavy atom. The van der Waals surface area contributed by atoms with Crippen molar-refractivity contribution < 1.29 is 24.2 Å². The van der Waals surface area contributed by atoms with Crippen molar-refractivity contribution in [3.8, 4) is 5.75 Å². The van der Waals surface area contributed by atoms with E-state index in [9.17, 15) is 9.59 Å². The maximum Gasteiger partial charge on any atom is 0.373 e. The van der Waals surface area contributed by atoms with Gasteiger partial charge in [-0.25, -0.2) is 9.59 Å². The molecule has 0 aliphatic heterocycles. The maximum atomic E-state index is 11.1. The van der Waals surface area contributed by atoms with Gasteiger partial charge >= 0.3 is 11.9 Å². The molecule has 1 N–H and O–H groups in total. The monoisotopic (exact) mass is 264 g/mol. The van der Waals surface area contributed by atoms with Gasteiger partial charge in [0.25, 0.3) is 0 Å². The molecular weight excluding hydrogens is 248 g/mol. The van der Waals surface area contributed by atoms with Crippen molar-refractivity contribution >= 4 is 11.9 Å². The number of aliphatic carboxylic acids is 1. The molecule has 0 amide bonds. The molecule has 0 fully saturated rings. The second-order valence-corrected chi connectivity index (χ2v) is 3.10. The first kappa shape index (κ1) is 16.4. The van der Waals surface area contributed by atoms with Crippen LogP contribution >= 0.6 is 0 Å². The van der Waals surface area contributed by atoms with Crippen LogP contribution in [0.5, 0.6) is 5.75 Å². The zero-order valence-corrected chi connectivity index (χ0v) is 10.7. The van der Waals surface area contributed by atoms with Gasteiger partial charge in [-0.1, -0.05) is 24.8 Å². The van der Waals surface area contributed by atoms with E-state index in [-0.39, 0.29) is 5.76 Å². The molecular formula is C14H16O5. The summed E-state index contributed by atoms with van der Waals surface area (Å²) in [7, 11) is 0. The molecule has 0 spiro atoms. The zero-order valence-electron chi connectivity index (χ0n) is 10.7. The van der Waals surface area contributed by atoms with Gasteiger partial charge in [0.05, 0.1) is 6.61 Å². The van der Waals surface area contributed by atoms with Crippen LogP contribution in [0.3, 0.4) is 0 Å². The lowest BCUT2D eigenvalue weighted by Crippen LogP contribution is -2.11. The van der Waals surface area contributed by atoms with Crippen molar-refractivity contribution in [2.45, 2.75) is 6.92 Å². The van der Waals surface area contributed by atoms with Gasteiger partial charge in [0, 0.05) is 6.08 Å². The lowest BCUT2D eigenvalue weighted by molar-refractivity contribution is -0.141. The Bertz CT molecular complexity index is 436. The molecule has 0 unspecified atom stereocenters. The maximum absolute atomic E-state index is 11.1. The Morgan fingerprint density at radius 1 is 1.32 bits per heavy atom. The molecule has 5 heteroatoms. The number of hydrogen-bond acceptors (Lipinski definition) is 4. The number of hydrogen-bond donors (Lipinski definition) is 1. The van der Waals surface area contributed by atoms with Gasteiger partial charge in [-0.2, -0.15) is 0 Å². The molecule has 0 aliphatic rings. The number of ether oxygens (including phenoxy) is 2. The van der Waals surface area contributed by atoms with E-state index < -0.39 is 11.9 Å². The molecule has 0 heterocycles. The van der Waals surface area contributed by atoms with Gasteiger partial charge in [0.2, 0.25) is 5.76 Å². The molecule has 0 saturated heterocycles. The fraction of sp³-hybridized carbons (Fsp3) is 0.143. The third kappa shape index (κ3) is 8.20. The Morgan fingerprint density at radius 2 is 1.84 bits per heavy atom. The highest BCUT2D eigenvalue weighted by Gasteiger charge is 2.09. The average Bonchev–Trinajstić information content (AvgIpc) is 2.40. The quantitative estimate of drug-likeness (QED) is 0.502. The van der Waals surface area contributed by atoms with E-state index >= 15 is 0 Å². The van der Waals surface area contributed by atoms with E-state index in [2.05, 4.69) is 13.2 Å². The zero-order chi connectivity index (χ0) is 14.7. The van der Waals surface area contributed by atoms with Gasteiger partial charge < -0.3 is 14.6 Å². The van der Waals surface area contributed by atoms with E-state index in [1.165, 1.54) is 0 Å².